The normalized spacial score (nSPS) is 11.9. The van der Waals surface area contributed by atoms with Gasteiger partial charge in [-0.05, 0) is 42.3 Å². The van der Waals surface area contributed by atoms with E-state index in [4.69, 9.17) is 4.42 Å². The van der Waals surface area contributed by atoms with Crippen molar-refractivity contribution in [3.05, 3.63) is 89.6 Å². The molecule has 1 amide bonds. The van der Waals surface area contributed by atoms with Gasteiger partial charge in [0.2, 0.25) is 5.91 Å². The summed E-state index contributed by atoms with van der Waals surface area (Å²) in [6.07, 6.45) is 1.59. The predicted molar refractivity (Wildman–Crippen MR) is 94.8 cm³/mol. The minimum absolute atomic E-state index is 0.0214. The SMILES string of the molecule is Cc1ccc(NC(=O)CN[C@@H](c2ccccc2)c2ccco2)c(F)c1. The molecule has 1 aromatic heterocycles. The Morgan fingerprint density at radius 2 is 1.92 bits per heavy atom. The fourth-order valence-corrected chi connectivity index (χ4v) is 2.59. The summed E-state index contributed by atoms with van der Waals surface area (Å²) >= 11 is 0. The van der Waals surface area contributed by atoms with E-state index >= 15 is 0 Å². The summed E-state index contributed by atoms with van der Waals surface area (Å²) in [5, 5.41) is 5.74. The van der Waals surface area contributed by atoms with Crippen molar-refractivity contribution in [2.24, 2.45) is 0 Å². The molecular weight excluding hydrogens is 319 g/mol. The van der Waals surface area contributed by atoms with E-state index in [0.29, 0.717) is 5.76 Å². The lowest BCUT2D eigenvalue weighted by atomic mass is 10.0. The Balaban J connectivity index is 1.68. The van der Waals surface area contributed by atoms with Crippen molar-refractivity contribution in [3.8, 4) is 0 Å². The second-order valence-corrected chi connectivity index (χ2v) is 5.77. The topological polar surface area (TPSA) is 54.3 Å². The largest absolute Gasteiger partial charge is 0.467 e. The molecule has 0 aliphatic rings. The smallest absolute Gasteiger partial charge is 0.238 e. The van der Waals surface area contributed by atoms with Crippen LogP contribution < -0.4 is 10.6 Å². The molecule has 0 bridgehead atoms. The molecule has 0 saturated heterocycles. The van der Waals surface area contributed by atoms with Crippen LogP contribution in [0.3, 0.4) is 0 Å². The molecule has 0 spiro atoms. The predicted octanol–water partition coefficient (Wildman–Crippen LogP) is 4.04. The van der Waals surface area contributed by atoms with Crippen molar-refractivity contribution < 1.29 is 13.6 Å². The van der Waals surface area contributed by atoms with Gasteiger partial charge in [-0.3, -0.25) is 10.1 Å². The van der Waals surface area contributed by atoms with Gasteiger partial charge in [0.05, 0.1) is 24.5 Å². The van der Waals surface area contributed by atoms with Crippen LogP contribution in [0.1, 0.15) is 22.9 Å². The molecule has 1 atom stereocenters. The molecule has 0 aliphatic carbocycles. The number of amides is 1. The minimum Gasteiger partial charge on any atom is -0.467 e. The molecule has 3 rings (SSSR count). The van der Waals surface area contributed by atoms with Crippen LogP contribution in [0.25, 0.3) is 0 Å². The molecule has 128 valence electrons. The first-order chi connectivity index (χ1) is 12.1. The summed E-state index contributed by atoms with van der Waals surface area (Å²) < 4.78 is 19.3. The van der Waals surface area contributed by atoms with Crippen LogP contribution in [0, 0.1) is 12.7 Å². The number of aryl methyl sites for hydroxylation is 1. The van der Waals surface area contributed by atoms with Gasteiger partial charge in [-0.25, -0.2) is 4.39 Å². The zero-order chi connectivity index (χ0) is 17.6. The number of halogens is 1. The van der Waals surface area contributed by atoms with E-state index in [-0.39, 0.29) is 24.2 Å². The maximum Gasteiger partial charge on any atom is 0.238 e. The summed E-state index contributed by atoms with van der Waals surface area (Å²) in [6, 6.07) is 17.8. The van der Waals surface area contributed by atoms with Gasteiger partial charge in [0.15, 0.2) is 0 Å². The number of nitrogens with one attached hydrogen (secondary N) is 2. The second-order valence-electron chi connectivity index (χ2n) is 5.77. The third-order valence-electron chi connectivity index (χ3n) is 3.83. The van der Waals surface area contributed by atoms with Gasteiger partial charge >= 0.3 is 0 Å². The van der Waals surface area contributed by atoms with Crippen LogP contribution in [-0.2, 0) is 4.79 Å². The highest BCUT2D eigenvalue weighted by atomic mass is 19.1. The van der Waals surface area contributed by atoms with Crippen LogP contribution in [0.2, 0.25) is 0 Å². The molecule has 0 fully saturated rings. The van der Waals surface area contributed by atoms with E-state index in [1.807, 2.05) is 36.4 Å². The Hall–Kier alpha value is -2.92. The first-order valence-corrected chi connectivity index (χ1v) is 8.01. The van der Waals surface area contributed by atoms with Gasteiger partial charge in [0, 0.05) is 0 Å². The standard InChI is InChI=1S/C20H19FN2O2/c1-14-9-10-17(16(21)12-14)23-19(24)13-22-20(18-8-5-11-25-18)15-6-3-2-4-7-15/h2-12,20,22H,13H2,1H3,(H,23,24)/t20-/m0/s1. The zero-order valence-corrected chi connectivity index (χ0v) is 13.8. The third kappa shape index (κ3) is 4.33. The zero-order valence-electron chi connectivity index (χ0n) is 13.8. The van der Waals surface area contributed by atoms with Crippen molar-refractivity contribution in [1.82, 2.24) is 5.32 Å². The van der Waals surface area contributed by atoms with E-state index in [0.717, 1.165) is 11.1 Å². The Morgan fingerprint density at radius 3 is 2.60 bits per heavy atom. The number of rotatable bonds is 6. The lowest BCUT2D eigenvalue weighted by molar-refractivity contribution is -0.115. The highest BCUT2D eigenvalue weighted by Crippen LogP contribution is 2.22. The summed E-state index contributed by atoms with van der Waals surface area (Å²) in [5.74, 6) is -0.0604. The number of benzene rings is 2. The molecule has 1 heterocycles. The quantitative estimate of drug-likeness (QED) is 0.713. The van der Waals surface area contributed by atoms with E-state index in [1.54, 1.807) is 31.4 Å². The van der Waals surface area contributed by atoms with Crippen LogP contribution in [0.5, 0.6) is 0 Å². The monoisotopic (exact) mass is 338 g/mol. The molecule has 2 aromatic carbocycles. The first kappa shape index (κ1) is 16.9. The highest BCUT2D eigenvalue weighted by molar-refractivity contribution is 5.92. The molecule has 0 radical (unpaired) electrons. The van der Waals surface area contributed by atoms with Gasteiger partial charge in [-0.1, -0.05) is 36.4 Å². The second kappa shape index (κ2) is 7.77. The van der Waals surface area contributed by atoms with Gasteiger partial charge < -0.3 is 9.73 Å². The summed E-state index contributed by atoms with van der Waals surface area (Å²) in [4.78, 5) is 12.2. The third-order valence-corrected chi connectivity index (χ3v) is 3.83. The number of anilines is 1. The molecule has 5 heteroatoms. The van der Waals surface area contributed by atoms with Crippen LogP contribution in [-0.4, -0.2) is 12.5 Å². The van der Waals surface area contributed by atoms with Crippen molar-refractivity contribution in [1.29, 1.82) is 0 Å². The highest BCUT2D eigenvalue weighted by Gasteiger charge is 2.17. The van der Waals surface area contributed by atoms with Gasteiger partial charge in [0.25, 0.3) is 0 Å². The molecule has 0 unspecified atom stereocenters. The molecule has 3 aromatic rings. The Kier molecular flexibility index (Phi) is 5.26. The molecule has 0 saturated carbocycles. The molecular formula is C20H19FN2O2. The average molecular weight is 338 g/mol. The minimum atomic E-state index is -0.445. The first-order valence-electron chi connectivity index (χ1n) is 8.01. The van der Waals surface area contributed by atoms with Crippen molar-refractivity contribution >= 4 is 11.6 Å². The van der Waals surface area contributed by atoms with Gasteiger partial charge in [-0.15, -0.1) is 0 Å². The number of furan rings is 1. The van der Waals surface area contributed by atoms with Crippen molar-refractivity contribution in [2.75, 3.05) is 11.9 Å². The maximum atomic E-state index is 13.8. The molecule has 25 heavy (non-hydrogen) atoms. The van der Waals surface area contributed by atoms with Crippen LogP contribution in [0.4, 0.5) is 10.1 Å². The van der Waals surface area contributed by atoms with E-state index in [9.17, 15) is 9.18 Å². The molecule has 0 aliphatic heterocycles. The summed E-state index contributed by atoms with van der Waals surface area (Å²) in [7, 11) is 0. The number of carbonyl (C=O) groups excluding carboxylic acids is 1. The molecule has 2 N–H and O–H groups in total. The molecule has 4 nitrogen and oxygen atoms in total. The van der Waals surface area contributed by atoms with Crippen molar-refractivity contribution in [2.45, 2.75) is 13.0 Å². The summed E-state index contributed by atoms with van der Waals surface area (Å²) in [6.45, 7) is 1.82. The fraction of sp³-hybridized carbons (Fsp3) is 0.150. The maximum absolute atomic E-state index is 13.8. The van der Waals surface area contributed by atoms with Gasteiger partial charge in [0.1, 0.15) is 11.6 Å². The Labute approximate surface area is 145 Å². The van der Waals surface area contributed by atoms with E-state index in [1.165, 1.54) is 6.07 Å². The van der Waals surface area contributed by atoms with Crippen LogP contribution >= 0.6 is 0 Å². The van der Waals surface area contributed by atoms with E-state index < -0.39 is 5.82 Å². The average Bonchev–Trinajstić information content (AvgIpc) is 3.13. The fourth-order valence-electron chi connectivity index (χ4n) is 2.59. The Morgan fingerprint density at radius 1 is 1.12 bits per heavy atom. The van der Waals surface area contributed by atoms with E-state index in [2.05, 4.69) is 10.6 Å². The van der Waals surface area contributed by atoms with Gasteiger partial charge in [-0.2, -0.15) is 0 Å². The number of hydrogen-bond acceptors (Lipinski definition) is 3. The number of hydrogen-bond donors (Lipinski definition) is 2. The van der Waals surface area contributed by atoms with Crippen molar-refractivity contribution in [3.63, 3.8) is 0 Å². The number of carbonyl (C=O) groups is 1. The lowest BCUT2D eigenvalue weighted by Crippen LogP contribution is -2.32. The van der Waals surface area contributed by atoms with Crippen LogP contribution in [0.15, 0.2) is 71.3 Å². The summed E-state index contributed by atoms with van der Waals surface area (Å²) in [5.41, 5.74) is 1.95. The lowest BCUT2D eigenvalue weighted by Gasteiger charge is -2.17. The Bertz CT molecular complexity index is 832.